The number of hydrogen-bond donors (Lipinski definition) is 0. The van der Waals surface area contributed by atoms with E-state index in [0.717, 1.165) is 5.56 Å². The molecule has 0 amide bonds. The Bertz CT molecular complexity index is 1130. The maximum atomic E-state index is 12.8. The fourth-order valence-corrected chi connectivity index (χ4v) is 2.94. The van der Waals surface area contributed by atoms with Gasteiger partial charge in [-0.3, -0.25) is 4.79 Å². The maximum absolute atomic E-state index is 12.8. The average molecular weight is 383 g/mol. The summed E-state index contributed by atoms with van der Waals surface area (Å²) in [5, 5.41) is 3.94. The van der Waals surface area contributed by atoms with Crippen molar-refractivity contribution in [3.8, 4) is 11.3 Å². The second kappa shape index (κ2) is 8.35. The van der Waals surface area contributed by atoms with Gasteiger partial charge in [-0.25, -0.2) is 4.79 Å². The molecule has 0 atom stereocenters. The van der Waals surface area contributed by atoms with Crippen molar-refractivity contribution in [3.05, 3.63) is 113 Å². The van der Waals surface area contributed by atoms with Gasteiger partial charge in [-0.15, -0.1) is 0 Å². The van der Waals surface area contributed by atoms with Gasteiger partial charge in [0, 0.05) is 22.8 Å². The lowest BCUT2D eigenvalue weighted by atomic mass is 9.98. The molecule has 5 heteroatoms. The van der Waals surface area contributed by atoms with Crippen LogP contribution in [0.5, 0.6) is 0 Å². The molecule has 142 valence electrons. The molecule has 1 heterocycles. The van der Waals surface area contributed by atoms with E-state index in [-0.39, 0.29) is 18.0 Å². The second-order valence-electron chi connectivity index (χ2n) is 6.37. The van der Waals surface area contributed by atoms with Gasteiger partial charge in [-0.05, 0) is 6.07 Å². The summed E-state index contributed by atoms with van der Waals surface area (Å²) < 4.78 is 10.7. The molecule has 0 bridgehead atoms. The number of benzene rings is 3. The molecule has 3 aromatic carbocycles. The van der Waals surface area contributed by atoms with Crippen LogP contribution in [0.3, 0.4) is 0 Å². The predicted octanol–water partition coefficient (Wildman–Crippen LogP) is 4.93. The molecule has 29 heavy (non-hydrogen) atoms. The zero-order chi connectivity index (χ0) is 20.1. The number of carbonyl (C=O) groups excluding carboxylic acids is 2. The Morgan fingerprint density at radius 2 is 1.41 bits per heavy atom. The molecular weight excluding hydrogens is 366 g/mol. The van der Waals surface area contributed by atoms with E-state index in [0.29, 0.717) is 22.6 Å². The summed E-state index contributed by atoms with van der Waals surface area (Å²) in [4.78, 5) is 25.4. The highest BCUT2D eigenvalue weighted by Crippen LogP contribution is 2.21. The zero-order valence-corrected chi connectivity index (χ0v) is 15.4. The summed E-state index contributed by atoms with van der Waals surface area (Å²) in [6, 6.07) is 26.7. The van der Waals surface area contributed by atoms with Crippen molar-refractivity contribution in [2.45, 2.75) is 6.61 Å². The van der Waals surface area contributed by atoms with E-state index < -0.39 is 5.97 Å². The summed E-state index contributed by atoms with van der Waals surface area (Å²) in [5.41, 5.74) is 2.40. The van der Waals surface area contributed by atoms with Crippen LogP contribution in [0, 0.1) is 0 Å². The third-order valence-electron chi connectivity index (χ3n) is 4.40. The van der Waals surface area contributed by atoms with E-state index in [4.69, 9.17) is 9.26 Å². The SMILES string of the molecule is O=C(OCc1cc(-c2ccccc2)on1)c1ccccc1C(=O)c1ccccc1. The topological polar surface area (TPSA) is 69.4 Å². The maximum Gasteiger partial charge on any atom is 0.339 e. The molecule has 0 aliphatic carbocycles. The molecule has 0 saturated heterocycles. The summed E-state index contributed by atoms with van der Waals surface area (Å²) in [6.07, 6.45) is 0. The van der Waals surface area contributed by atoms with Crippen molar-refractivity contribution >= 4 is 11.8 Å². The van der Waals surface area contributed by atoms with E-state index in [2.05, 4.69) is 5.16 Å². The molecule has 5 nitrogen and oxygen atoms in total. The smallest absolute Gasteiger partial charge is 0.339 e. The Morgan fingerprint density at radius 3 is 2.14 bits per heavy atom. The zero-order valence-electron chi connectivity index (χ0n) is 15.4. The molecule has 1 aromatic heterocycles. The highest BCUT2D eigenvalue weighted by atomic mass is 16.5. The molecule has 0 fully saturated rings. The minimum atomic E-state index is -0.589. The second-order valence-corrected chi connectivity index (χ2v) is 6.37. The first-order valence-electron chi connectivity index (χ1n) is 9.09. The highest BCUT2D eigenvalue weighted by Gasteiger charge is 2.19. The molecule has 0 N–H and O–H groups in total. The fourth-order valence-electron chi connectivity index (χ4n) is 2.94. The minimum absolute atomic E-state index is 0.0526. The number of rotatable bonds is 6. The summed E-state index contributed by atoms with van der Waals surface area (Å²) in [7, 11) is 0. The first-order chi connectivity index (χ1) is 14.2. The number of ether oxygens (including phenoxy) is 1. The van der Waals surface area contributed by atoms with Crippen molar-refractivity contribution < 1.29 is 18.8 Å². The first-order valence-corrected chi connectivity index (χ1v) is 9.09. The lowest BCUT2D eigenvalue weighted by Gasteiger charge is -2.08. The van der Waals surface area contributed by atoms with Crippen LogP contribution in [0.15, 0.2) is 95.5 Å². The van der Waals surface area contributed by atoms with Gasteiger partial charge in [0.2, 0.25) is 0 Å². The lowest BCUT2D eigenvalue weighted by Crippen LogP contribution is -2.12. The van der Waals surface area contributed by atoms with Crippen LogP contribution in [-0.2, 0) is 11.3 Å². The van der Waals surface area contributed by atoms with Crippen molar-refractivity contribution in [2.75, 3.05) is 0 Å². The van der Waals surface area contributed by atoms with Gasteiger partial charge >= 0.3 is 5.97 Å². The van der Waals surface area contributed by atoms with Crippen LogP contribution in [0.1, 0.15) is 32.0 Å². The Kier molecular flexibility index (Phi) is 5.29. The van der Waals surface area contributed by atoms with Gasteiger partial charge in [-0.1, -0.05) is 84.0 Å². The Morgan fingerprint density at radius 1 is 0.793 bits per heavy atom. The van der Waals surface area contributed by atoms with E-state index in [1.807, 2.05) is 36.4 Å². The fraction of sp³-hybridized carbons (Fsp3) is 0.0417. The minimum Gasteiger partial charge on any atom is -0.455 e. The largest absolute Gasteiger partial charge is 0.455 e. The summed E-state index contributed by atoms with van der Waals surface area (Å²) >= 11 is 0. The average Bonchev–Trinajstić information content (AvgIpc) is 3.27. The lowest BCUT2D eigenvalue weighted by molar-refractivity contribution is 0.0462. The van der Waals surface area contributed by atoms with Crippen LogP contribution in [-0.4, -0.2) is 16.9 Å². The highest BCUT2D eigenvalue weighted by molar-refractivity contribution is 6.14. The quantitative estimate of drug-likeness (QED) is 0.349. The summed E-state index contributed by atoms with van der Waals surface area (Å²) in [6.45, 7) is -0.0526. The molecule has 0 spiro atoms. The van der Waals surface area contributed by atoms with Crippen LogP contribution in [0.25, 0.3) is 11.3 Å². The Labute approximate surface area is 167 Å². The normalized spacial score (nSPS) is 10.5. The Balaban J connectivity index is 1.49. The van der Waals surface area contributed by atoms with Gasteiger partial charge in [0.1, 0.15) is 12.3 Å². The number of aromatic nitrogens is 1. The molecule has 4 aromatic rings. The van der Waals surface area contributed by atoms with Gasteiger partial charge < -0.3 is 9.26 Å². The molecular formula is C24H17NO4. The van der Waals surface area contributed by atoms with Crippen LogP contribution in [0.2, 0.25) is 0 Å². The molecule has 4 rings (SSSR count). The van der Waals surface area contributed by atoms with Crippen molar-refractivity contribution in [1.29, 1.82) is 0 Å². The van der Waals surface area contributed by atoms with E-state index >= 15 is 0 Å². The predicted molar refractivity (Wildman–Crippen MR) is 107 cm³/mol. The number of ketones is 1. The van der Waals surface area contributed by atoms with Gasteiger partial charge in [0.15, 0.2) is 11.5 Å². The molecule has 0 saturated carbocycles. The number of nitrogens with zero attached hydrogens (tertiary/aromatic N) is 1. The summed E-state index contributed by atoms with van der Waals surface area (Å²) in [5.74, 6) is -0.226. The van der Waals surface area contributed by atoms with Crippen LogP contribution < -0.4 is 0 Å². The van der Waals surface area contributed by atoms with Crippen molar-refractivity contribution in [2.24, 2.45) is 0 Å². The first kappa shape index (κ1) is 18.4. The van der Waals surface area contributed by atoms with Gasteiger partial charge in [0.25, 0.3) is 0 Å². The molecule has 0 unspecified atom stereocenters. The molecule has 0 aliphatic heterocycles. The third kappa shape index (κ3) is 4.14. The van der Waals surface area contributed by atoms with E-state index in [1.165, 1.54) is 0 Å². The number of carbonyl (C=O) groups is 2. The van der Waals surface area contributed by atoms with Crippen molar-refractivity contribution in [3.63, 3.8) is 0 Å². The number of hydrogen-bond acceptors (Lipinski definition) is 5. The van der Waals surface area contributed by atoms with Crippen molar-refractivity contribution in [1.82, 2.24) is 5.16 Å². The van der Waals surface area contributed by atoms with Gasteiger partial charge in [0.05, 0.1) is 5.56 Å². The van der Waals surface area contributed by atoms with E-state index in [1.54, 1.807) is 54.6 Å². The van der Waals surface area contributed by atoms with Gasteiger partial charge in [-0.2, -0.15) is 0 Å². The molecule has 0 radical (unpaired) electrons. The van der Waals surface area contributed by atoms with Crippen LogP contribution in [0.4, 0.5) is 0 Å². The monoisotopic (exact) mass is 383 g/mol. The number of esters is 1. The Hall–Kier alpha value is -3.99. The standard InChI is InChI=1S/C24H17NO4/c26-23(18-11-5-2-6-12-18)20-13-7-8-14-21(20)24(27)28-16-19-15-22(29-25-19)17-9-3-1-4-10-17/h1-15H,16H2. The van der Waals surface area contributed by atoms with Crippen LogP contribution >= 0.6 is 0 Å². The molecule has 0 aliphatic rings. The van der Waals surface area contributed by atoms with E-state index in [9.17, 15) is 9.59 Å². The third-order valence-corrected chi connectivity index (χ3v) is 4.40.